The molecule has 0 amide bonds. The second kappa shape index (κ2) is 5.31. The molecule has 0 bridgehead atoms. The molecule has 0 atom stereocenters. The zero-order chi connectivity index (χ0) is 12.2. The lowest BCUT2D eigenvalue weighted by atomic mass is 9.88. The molecule has 0 aromatic rings. The predicted octanol–water partition coefficient (Wildman–Crippen LogP) is -0.117. The van der Waals surface area contributed by atoms with Crippen LogP contribution < -0.4 is 0 Å². The fraction of sp³-hybridized carbons (Fsp3) is 0.667. The zero-order valence-corrected chi connectivity index (χ0v) is 9.44. The number of hydrogen-bond acceptors (Lipinski definition) is 5. The van der Waals surface area contributed by atoms with Crippen LogP contribution in [0, 0.1) is 5.92 Å². The fourth-order valence-electron chi connectivity index (χ4n) is 1.44. The maximum atomic E-state index is 11.3. The van der Waals surface area contributed by atoms with E-state index in [0.29, 0.717) is 19.3 Å². The van der Waals surface area contributed by atoms with Crippen molar-refractivity contribution in [1.29, 1.82) is 0 Å². The number of nitrogens with zero attached hydrogens (tertiary/aromatic N) is 1. The molecule has 16 heavy (non-hydrogen) atoms. The third kappa shape index (κ3) is 4.19. The minimum atomic E-state index is -4.04. The first-order chi connectivity index (χ1) is 7.40. The first kappa shape index (κ1) is 13.0. The van der Waals surface area contributed by atoms with Crippen LogP contribution in [0.3, 0.4) is 0 Å². The van der Waals surface area contributed by atoms with Gasteiger partial charge in [0.25, 0.3) is 10.1 Å². The summed E-state index contributed by atoms with van der Waals surface area (Å²) in [5.41, 5.74) is 0. The monoisotopic (exact) mass is 247 g/mol. The summed E-state index contributed by atoms with van der Waals surface area (Å²) < 4.78 is 29.1. The highest BCUT2D eigenvalue weighted by atomic mass is 32.2. The van der Waals surface area contributed by atoms with Gasteiger partial charge in [0, 0.05) is 19.1 Å². The molecule has 0 unspecified atom stereocenters. The molecule has 1 aliphatic carbocycles. The molecular formula is C9H13NO5S. The Kier molecular flexibility index (Phi) is 4.31. The van der Waals surface area contributed by atoms with E-state index in [0.717, 1.165) is 0 Å². The molecule has 0 aliphatic heterocycles. The summed E-state index contributed by atoms with van der Waals surface area (Å²) in [6.45, 7) is -0.143. The molecule has 7 heteroatoms. The van der Waals surface area contributed by atoms with Crippen LogP contribution in [0.15, 0.2) is 4.99 Å². The van der Waals surface area contributed by atoms with Crippen molar-refractivity contribution in [3.8, 4) is 0 Å². The van der Waals surface area contributed by atoms with E-state index >= 15 is 0 Å². The molecule has 0 heterocycles. The molecular weight excluding hydrogens is 234 g/mol. The highest BCUT2D eigenvalue weighted by molar-refractivity contribution is 7.85. The van der Waals surface area contributed by atoms with Crippen molar-refractivity contribution >= 4 is 27.9 Å². The number of aliphatic imine (C=N–C) groups is 1. The van der Waals surface area contributed by atoms with Crippen molar-refractivity contribution < 1.29 is 22.6 Å². The third-order valence-corrected chi connectivity index (χ3v) is 2.97. The van der Waals surface area contributed by atoms with Crippen LogP contribution in [0.1, 0.15) is 19.3 Å². The van der Waals surface area contributed by atoms with Crippen LogP contribution in [-0.2, 0) is 19.7 Å². The molecule has 6 nitrogen and oxygen atoms in total. The number of hydrogen-bond donors (Lipinski definition) is 1. The summed E-state index contributed by atoms with van der Waals surface area (Å²) in [5, 5.41) is 0. The highest BCUT2D eigenvalue weighted by Crippen LogP contribution is 2.15. The van der Waals surface area contributed by atoms with E-state index in [4.69, 9.17) is 4.55 Å². The lowest BCUT2D eigenvalue weighted by molar-refractivity contribution is -0.132. The number of rotatable bonds is 4. The average Bonchev–Trinajstić information content (AvgIpc) is 2.14. The van der Waals surface area contributed by atoms with Gasteiger partial charge in [0.1, 0.15) is 17.5 Å². The molecule has 0 saturated heterocycles. The molecule has 1 saturated carbocycles. The number of carbonyl (C=O) groups is 2. The first-order valence-corrected chi connectivity index (χ1v) is 6.51. The Balaban J connectivity index is 2.49. The van der Waals surface area contributed by atoms with Crippen molar-refractivity contribution in [3.63, 3.8) is 0 Å². The van der Waals surface area contributed by atoms with E-state index in [-0.39, 0.29) is 18.1 Å². The second-order valence-corrected chi connectivity index (χ2v) is 5.18. The Bertz CT molecular complexity index is 396. The van der Waals surface area contributed by atoms with E-state index < -0.39 is 21.8 Å². The van der Waals surface area contributed by atoms with Gasteiger partial charge in [0.2, 0.25) is 0 Å². The summed E-state index contributed by atoms with van der Waals surface area (Å²) in [6, 6.07) is 0. The summed E-state index contributed by atoms with van der Waals surface area (Å²) in [4.78, 5) is 26.3. The third-order valence-electron chi connectivity index (χ3n) is 2.27. The standard InChI is InChI=1S/C9H13NO5S/c11-8-2-1-3-9(12)7(8)6-10-4-5-16(13,14)15/h6-7H,1-5H2,(H,13,14,15). The predicted molar refractivity (Wildman–Crippen MR) is 57.1 cm³/mol. The smallest absolute Gasteiger partial charge is 0.266 e. The Morgan fingerprint density at radius 2 is 1.88 bits per heavy atom. The van der Waals surface area contributed by atoms with Gasteiger partial charge < -0.3 is 0 Å². The summed E-state index contributed by atoms with van der Waals surface area (Å²) in [7, 11) is -4.04. The second-order valence-electron chi connectivity index (χ2n) is 3.61. The van der Waals surface area contributed by atoms with Gasteiger partial charge in [0.15, 0.2) is 0 Å². The largest absolute Gasteiger partial charge is 0.298 e. The van der Waals surface area contributed by atoms with Crippen LogP contribution in [0.2, 0.25) is 0 Å². The average molecular weight is 247 g/mol. The molecule has 0 radical (unpaired) electrons. The summed E-state index contributed by atoms with van der Waals surface area (Å²) in [5.74, 6) is -1.67. The molecule has 1 rings (SSSR count). The van der Waals surface area contributed by atoms with Gasteiger partial charge in [-0.2, -0.15) is 8.42 Å². The number of carbonyl (C=O) groups excluding carboxylic acids is 2. The quantitative estimate of drug-likeness (QED) is 0.424. The van der Waals surface area contributed by atoms with Gasteiger partial charge >= 0.3 is 0 Å². The normalized spacial score (nSPS) is 19.6. The zero-order valence-electron chi connectivity index (χ0n) is 8.63. The van der Waals surface area contributed by atoms with Gasteiger partial charge in [-0.3, -0.25) is 19.1 Å². The number of ketones is 2. The molecule has 0 aromatic heterocycles. The van der Waals surface area contributed by atoms with Crippen molar-refractivity contribution in [1.82, 2.24) is 0 Å². The first-order valence-electron chi connectivity index (χ1n) is 4.91. The molecule has 0 aromatic carbocycles. The van der Waals surface area contributed by atoms with Crippen LogP contribution in [0.5, 0.6) is 0 Å². The molecule has 1 aliphatic rings. The van der Waals surface area contributed by atoms with Crippen molar-refractivity contribution in [3.05, 3.63) is 0 Å². The van der Waals surface area contributed by atoms with Crippen molar-refractivity contribution in [2.24, 2.45) is 10.9 Å². The van der Waals surface area contributed by atoms with Gasteiger partial charge in [-0.25, -0.2) is 0 Å². The topological polar surface area (TPSA) is 101 Å². The van der Waals surface area contributed by atoms with Crippen LogP contribution in [-0.4, -0.2) is 43.0 Å². The fourth-order valence-corrected chi connectivity index (χ4v) is 1.78. The lowest BCUT2D eigenvalue weighted by Crippen LogP contribution is -2.29. The Morgan fingerprint density at radius 1 is 1.31 bits per heavy atom. The minimum absolute atomic E-state index is 0.143. The Labute approximate surface area is 93.5 Å². The lowest BCUT2D eigenvalue weighted by Gasteiger charge is -2.14. The maximum Gasteiger partial charge on any atom is 0.266 e. The van der Waals surface area contributed by atoms with E-state index in [1.165, 1.54) is 6.21 Å². The van der Waals surface area contributed by atoms with Gasteiger partial charge in [-0.15, -0.1) is 0 Å². The summed E-state index contributed by atoms with van der Waals surface area (Å²) in [6.07, 6.45) is 2.49. The minimum Gasteiger partial charge on any atom is -0.298 e. The van der Waals surface area contributed by atoms with Crippen LogP contribution >= 0.6 is 0 Å². The van der Waals surface area contributed by atoms with E-state index in [1.54, 1.807) is 0 Å². The summed E-state index contributed by atoms with van der Waals surface area (Å²) >= 11 is 0. The van der Waals surface area contributed by atoms with Crippen molar-refractivity contribution in [2.75, 3.05) is 12.3 Å². The molecule has 0 spiro atoms. The van der Waals surface area contributed by atoms with Crippen LogP contribution in [0.25, 0.3) is 0 Å². The van der Waals surface area contributed by atoms with Crippen LogP contribution in [0.4, 0.5) is 0 Å². The van der Waals surface area contributed by atoms with E-state index in [9.17, 15) is 18.0 Å². The van der Waals surface area contributed by atoms with Gasteiger partial charge in [0.05, 0.1) is 12.3 Å². The molecule has 1 N–H and O–H groups in total. The molecule has 90 valence electrons. The number of Topliss-reactive ketones (excluding diaryl/α,β-unsaturated/α-hetero) is 2. The SMILES string of the molecule is O=C1CCCC(=O)C1C=NCCS(=O)(=O)O. The molecule has 1 fully saturated rings. The Hall–Kier alpha value is -1.08. The van der Waals surface area contributed by atoms with Gasteiger partial charge in [-0.05, 0) is 6.42 Å². The maximum absolute atomic E-state index is 11.3. The van der Waals surface area contributed by atoms with E-state index in [2.05, 4.69) is 4.99 Å². The Morgan fingerprint density at radius 3 is 2.38 bits per heavy atom. The van der Waals surface area contributed by atoms with Crippen molar-refractivity contribution in [2.45, 2.75) is 19.3 Å². The van der Waals surface area contributed by atoms with Gasteiger partial charge in [-0.1, -0.05) is 0 Å². The van der Waals surface area contributed by atoms with E-state index in [1.807, 2.05) is 0 Å². The highest BCUT2D eigenvalue weighted by Gasteiger charge is 2.27.